The largest absolute Gasteiger partial charge is 0.459 e. The molecule has 20 heteroatoms. The third kappa shape index (κ3) is 14.8. The molecule has 2 aromatic carbocycles. The van der Waals surface area contributed by atoms with Gasteiger partial charge in [-0.3, -0.25) is 4.79 Å². The number of rotatable bonds is 16. The molecule has 7 rings (SSSR count). The number of esters is 1. The summed E-state index contributed by atoms with van der Waals surface area (Å²) in [5.74, 6) is -2.77. The van der Waals surface area contributed by atoms with Gasteiger partial charge in [0.15, 0.2) is 18.7 Å². The van der Waals surface area contributed by atoms with Crippen LogP contribution in [-0.2, 0) is 51.0 Å². The van der Waals surface area contributed by atoms with E-state index in [4.69, 9.17) is 38.5 Å². The SMILES string of the molecule is CC[C@H]1OC(=O)[C@H](C)[C@@H](O[C@H]2C[C@@](C)(OC)[C@@H](O)[C@H](C)O2)[C@H](C)[C@@H](O[C@@H]2O[C@H](C)C[C@H](N(C)CCCCc3cn(CC4CC(c5ccc(-c6ccc(C#N)cc6)cc5)=NO4)nn3)[C@H]2O)[C@](C)(O)C[C@@H](C)CN(C)[C@H](C)[C@@H](O)[C@]1(C)O. The summed E-state index contributed by atoms with van der Waals surface area (Å²) in [4.78, 5) is 24.4. The molecule has 5 N–H and O–H groups in total. The zero-order valence-electron chi connectivity index (χ0n) is 49.3. The molecule has 0 amide bonds. The minimum atomic E-state index is -1.84. The van der Waals surface area contributed by atoms with Crippen molar-refractivity contribution in [2.75, 3.05) is 34.3 Å². The number of carbonyl (C=O) groups excluding carboxylic acids is 1. The number of nitrogens with zero attached hydrogens (tertiary/aromatic N) is 7. The summed E-state index contributed by atoms with van der Waals surface area (Å²) >= 11 is 0. The van der Waals surface area contributed by atoms with E-state index in [1.54, 1.807) is 46.2 Å². The highest BCUT2D eigenvalue weighted by molar-refractivity contribution is 6.01. The number of methoxy groups -OCH3 is 1. The van der Waals surface area contributed by atoms with E-state index in [9.17, 15) is 30.3 Å². The molecule has 0 bridgehead atoms. The van der Waals surface area contributed by atoms with Gasteiger partial charge in [0.2, 0.25) is 0 Å². The Morgan fingerprint density at radius 3 is 2.21 bits per heavy atom. The first-order chi connectivity index (χ1) is 37.8. The molecule has 4 aliphatic heterocycles. The van der Waals surface area contributed by atoms with Gasteiger partial charge in [0.05, 0.1) is 71.1 Å². The molecule has 1 aromatic heterocycles. The van der Waals surface area contributed by atoms with Crippen LogP contribution in [0.5, 0.6) is 0 Å². The van der Waals surface area contributed by atoms with Crippen molar-refractivity contribution in [3.63, 3.8) is 0 Å². The van der Waals surface area contributed by atoms with Crippen molar-refractivity contribution >= 4 is 11.7 Å². The highest BCUT2D eigenvalue weighted by Gasteiger charge is 2.53. The van der Waals surface area contributed by atoms with E-state index in [0.717, 1.165) is 40.9 Å². The first-order valence-electron chi connectivity index (χ1n) is 28.8. The van der Waals surface area contributed by atoms with E-state index in [2.05, 4.69) is 26.4 Å². The van der Waals surface area contributed by atoms with E-state index in [1.165, 1.54) is 14.0 Å². The molecular weight excluding hydrogens is 1030 g/mol. The maximum absolute atomic E-state index is 14.5. The fourth-order valence-corrected chi connectivity index (χ4v) is 12.5. The number of cyclic esters (lactones) is 1. The van der Waals surface area contributed by atoms with Crippen LogP contribution in [0.1, 0.15) is 131 Å². The van der Waals surface area contributed by atoms with E-state index >= 15 is 0 Å². The maximum atomic E-state index is 14.5. The molecule has 444 valence electrons. The highest BCUT2D eigenvalue weighted by Crippen LogP contribution is 2.40. The Morgan fingerprint density at radius 2 is 1.56 bits per heavy atom. The van der Waals surface area contributed by atoms with Crippen LogP contribution in [0.15, 0.2) is 59.9 Å². The van der Waals surface area contributed by atoms with Gasteiger partial charge in [-0.05, 0) is 142 Å². The molecule has 0 spiro atoms. The van der Waals surface area contributed by atoms with Crippen molar-refractivity contribution in [3.05, 3.63) is 71.5 Å². The van der Waals surface area contributed by atoms with Crippen LogP contribution in [0.25, 0.3) is 11.1 Å². The molecule has 3 saturated heterocycles. The molecule has 20 nitrogen and oxygen atoms in total. The second kappa shape index (κ2) is 26.8. The Morgan fingerprint density at radius 1 is 0.900 bits per heavy atom. The van der Waals surface area contributed by atoms with Crippen LogP contribution in [0, 0.1) is 29.1 Å². The van der Waals surface area contributed by atoms with Crippen LogP contribution in [0.3, 0.4) is 0 Å². The Kier molecular flexibility index (Phi) is 21.2. The summed E-state index contributed by atoms with van der Waals surface area (Å²) in [5, 5.41) is 82.2. The third-order valence-electron chi connectivity index (χ3n) is 17.6. The van der Waals surface area contributed by atoms with Gasteiger partial charge in [-0.15, -0.1) is 5.10 Å². The van der Waals surface area contributed by atoms with Gasteiger partial charge in [0.1, 0.15) is 30.0 Å². The van der Waals surface area contributed by atoms with Crippen molar-refractivity contribution in [2.45, 2.75) is 224 Å². The smallest absolute Gasteiger partial charge is 0.311 e. The maximum Gasteiger partial charge on any atom is 0.311 e. The van der Waals surface area contributed by atoms with Crippen LogP contribution in [0.4, 0.5) is 0 Å². The first-order valence-corrected chi connectivity index (χ1v) is 28.8. The lowest BCUT2D eigenvalue weighted by atomic mass is 9.77. The molecule has 0 radical (unpaired) electrons. The predicted octanol–water partition coefficient (Wildman–Crippen LogP) is 5.62. The lowest BCUT2D eigenvalue weighted by Gasteiger charge is -2.49. The number of aromatic nitrogens is 3. The van der Waals surface area contributed by atoms with Crippen molar-refractivity contribution in [2.24, 2.45) is 22.9 Å². The summed E-state index contributed by atoms with van der Waals surface area (Å²) in [7, 11) is 5.33. The van der Waals surface area contributed by atoms with E-state index in [1.807, 2.05) is 94.5 Å². The molecular formula is C60H91N7O13. The first kappa shape index (κ1) is 63.1. The summed E-state index contributed by atoms with van der Waals surface area (Å²) in [6.07, 6.45) is -4.20. The molecule has 0 saturated carbocycles. The highest BCUT2D eigenvalue weighted by atomic mass is 16.7. The Balaban J connectivity index is 1.01. The van der Waals surface area contributed by atoms with E-state index in [-0.39, 0.29) is 43.4 Å². The standard InChI is InChI=1S/C60H91N7O13/c1-14-49-60(10,73)53(69)39(6)66(12)32-35(2)29-58(8,72)55(37(4)52(38(5)56(71)77-49)78-50-30-59(9,74-13)54(70)40(7)76-50)79-57-51(68)48(27-36(3)75-57)65(11)26-16-15-17-45-33-67(64-62-45)34-46-28-47(63-80-46)44-24-22-43(23-25-44)42-20-18-41(31-61)19-21-42/h18-25,33,35-40,46,48-55,57,68-70,72-73H,14-17,26-30,32,34H2,1-13H3/t35-,36-,37+,38-,39-,40+,46?,48+,49-,50+,51-,52+,53-,54+,55-,57+,58-,59-,60-/m1/s1. The average molecular weight is 1120 g/mol. The van der Waals surface area contributed by atoms with E-state index < -0.39 is 96.0 Å². The molecule has 3 aromatic rings. The van der Waals surface area contributed by atoms with Crippen LogP contribution >= 0.6 is 0 Å². The van der Waals surface area contributed by atoms with Gasteiger partial charge in [-0.2, -0.15) is 5.26 Å². The molecule has 1 unspecified atom stereocenters. The molecule has 0 aliphatic carbocycles. The number of oxime groups is 1. The van der Waals surface area contributed by atoms with Crippen molar-refractivity contribution in [1.29, 1.82) is 5.26 Å². The van der Waals surface area contributed by atoms with E-state index in [0.29, 0.717) is 44.5 Å². The monoisotopic (exact) mass is 1120 g/mol. The quantitative estimate of drug-likeness (QED) is 0.0862. The molecule has 4 aliphatic rings. The topological polar surface area (TPSA) is 256 Å². The van der Waals surface area contributed by atoms with Gasteiger partial charge in [0.25, 0.3) is 0 Å². The summed E-state index contributed by atoms with van der Waals surface area (Å²) < 4.78 is 40.2. The molecule has 3 fully saturated rings. The number of nitriles is 1. The van der Waals surface area contributed by atoms with Crippen LogP contribution < -0.4 is 0 Å². The number of hydrogen-bond donors (Lipinski definition) is 5. The second-order valence-electron chi connectivity index (χ2n) is 24.3. The van der Waals surface area contributed by atoms with Gasteiger partial charge in [-0.1, -0.05) is 67.5 Å². The molecule has 80 heavy (non-hydrogen) atoms. The molecule has 5 heterocycles. The number of ether oxygens (including phenoxy) is 6. The number of benzene rings is 2. The number of aliphatic hydroxyl groups excluding tert-OH is 3. The zero-order valence-corrected chi connectivity index (χ0v) is 49.3. The second-order valence-corrected chi connectivity index (χ2v) is 24.3. The normalized spacial score (nSPS) is 38.0. The third-order valence-corrected chi connectivity index (χ3v) is 17.6. The number of aliphatic hydroxyl groups is 5. The van der Waals surface area contributed by atoms with Crippen LogP contribution in [0.2, 0.25) is 0 Å². The van der Waals surface area contributed by atoms with Gasteiger partial charge < -0.3 is 68.6 Å². The summed E-state index contributed by atoms with van der Waals surface area (Å²) in [6, 6.07) is 16.9. The Hall–Kier alpha value is -4.47. The summed E-state index contributed by atoms with van der Waals surface area (Å²) in [5.41, 5.74) is 0.904. The van der Waals surface area contributed by atoms with Crippen LogP contribution in [-0.4, -0.2) is 193 Å². The minimum Gasteiger partial charge on any atom is -0.459 e. The average Bonchev–Trinajstić information content (AvgIpc) is 4.17. The predicted molar refractivity (Wildman–Crippen MR) is 299 cm³/mol. The Labute approximate surface area is 473 Å². The summed E-state index contributed by atoms with van der Waals surface area (Å²) in [6.45, 7) is 19.2. The number of unbranched alkanes of at least 4 members (excludes halogenated alkanes) is 1. The lowest BCUT2D eigenvalue weighted by molar-refractivity contribution is -0.318. The number of likely N-dealkylation sites (N-methyl/N-ethyl adjacent to an activating group) is 2. The number of carbonyl (C=O) groups is 1. The van der Waals surface area contributed by atoms with Gasteiger partial charge in [0, 0.05) is 50.7 Å². The van der Waals surface area contributed by atoms with Crippen molar-refractivity contribution in [3.8, 4) is 17.2 Å². The molecule has 19 atom stereocenters. The zero-order chi connectivity index (χ0) is 58.4. The number of hydrogen-bond acceptors (Lipinski definition) is 19. The Bertz CT molecular complexity index is 2540. The van der Waals surface area contributed by atoms with Crippen molar-refractivity contribution < 1.29 is 63.6 Å². The lowest BCUT2D eigenvalue weighted by Crippen LogP contribution is -2.60. The van der Waals surface area contributed by atoms with Gasteiger partial charge >= 0.3 is 5.97 Å². The number of aryl methyl sites for hydroxylation is 1. The fourth-order valence-electron chi connectivity index (χ4n) is 12.5. The fraction of sp³-hybridized carbons (Fsp3) is 0.717. The van der Waals surface area contributed by atoms with Gasteiger partial charge in [-0.25, -0.2) is 4.68 Å². The minimum absolute atomic E-state index is 0.103. The van der Waals surface area contributed by atoms with Crippen molar-refractivity contribution in [1.82, 2.24) is 24.8 Å².